The van der Waals surface area contributed by atoms with E-state index in [1.54, 1.807) is 18.2 Å². The van der Waals surface area contributed by atoms with Crippen LogP contribution in [0, 0.1) is 5.41 Å². The molecular weight excluding hydrogens is 355 g/mol. The predicted octanol–water partition coefficient (Wildman–Crippen LogP) is 6.03. The van der Waals surface area contributed by atoms with Gasteiger partial charge in [0.25, 0.3) is 0 Å². The van der Waals surface area contributed by atoms with E-state index in [2.05, 4.69) is 12.2 Å². The van der Waals surface area contributed by atoms with Crippen LogP contribution in [0.4, 0.5) is 5.69 Å². The molecule has 0 fully saturated rings. The summed E-state index contributed by atoms with van der Waals surface area (Å²) >= 11 is 11.8. The van der Waals surface area contributed by atoms with Crippen molar-refractivity contribution in [3.8, 4) is 5.75 Å². The number of unbranched alkanes of at least 4 members (excludes halogenated alkanes) is 1. The molecule has 2 aromatic rings. The number of nitrogens with one attached hydrogen (secondary N) is 2. The van der Waals surface area contributed by atoms with Gasteiger partial charge in [-0.25, -0.2) is 0 Å². The van der Waals surface area contributed by atoms with Gasteiger partial charge in [-0.1, -0.05) is 36.5 Å². The van der Waals surface area contributed by atoms with Crippen LogP contribution < -0.4 is 10.1 Å². The van der Waals surface area contributed by atoms with E-state index < -0.39 is 0 Å². The lowest BCUT2D eigenvalue weighted by molar-refractivity contribution is 0.309. The zero-order valence-electron chi connectivity index (χ0n) is 12.7. The molecule has 2 rings (SSSR count). The molecule has 0 heterocycles. The quantitative estimate of drug-likeness (QED) is 0.369. The summed E-state index contributed by atoms with van der Waals surface area (Å²) in [5, 5.41) is 12.0. The van der Waals surface area contributed by atoms with Crippen LogP contribution in [0.5, 0.6) is 5.75 Å². The fourth-order valence-corrected chi connectivity index (χ4v) is 2.14. The van der Waals surface area contributed by atoms with E-state index in [0.717, 1.165) is 36.4 Å². The largest absolute Gasteiger partial charge is 0.494 e. The molecule has 3 nitrogen and oxygen atoms in total. The second-order valence-corrected chi connectivity index (χ2v) is 5.67. The van der Waals surface area contributed by atoms with E-state index in [1.807, 2.05) is 24.3 Å². The van der Waals surface area contributed by atoms with Crippen molar-refractivity contribution in [1.82, 2.24) is 0 Å². The van der Waals surface area contributed by atoms with Gasteiger partial charge in [0.1, 0.15) is 11.6 Å². The second-order valence-electron chi connectivity index (χ2n) is 4.86. The summed E-state index contributed by atoms with van der Waals surface area (Å²) in [7, 11) is 0. The first-order valence-corrected chi connectivity index (χ1v) is 7.89. The second kappa shape index (κ2) is 9.66. The molecule has 0 unspecified atom stereocenters. The summed E-state index contributed by atoms with van der Waals surface area (Å²) in [4.78, 5) is 0. The van der Waals surface area contributed by atoms with Gasteiger partial charge in [-0.15, -0.1) is 12.4 Å². The number of amidine groups is 1. The van der Waals surface area contributed by atoms with Crippen molar-refractivity contribution in [2.24, 2.45) is 0 Å². The van der Waals surface area contributed by atoms with Crippen LogP contribution >= 0.6 is 35.6 Å². The smallest absolute Gasteiger partial charge is 0.129 e. The van der Waals surface area contributed by atoms with Crippen molar-refractivity contribution in [2.45, 2.75) is 19.8 Å². The van der Waals surface area contributed by atoms with E-state index in [0.29, 0.717) is 15.9 Å². The van der Waals surface area contributed by atoms with Crippen LogP contribution in [0.1, 0.15) is 25.3 Å². The van der Waals surface area contributed by atoms with Crippen LogP contribution in [0.2, 0.25) is 10.0 Å². The minimum Gasteiger partial charge on any atom is -0.494 e. The Labute approximate surface area is 152 Å². The molecule has 0 aliphatic heterocycles. The lowest BCUT2D eigenvalue weighted by atomic mass is 10.2. The highest BCUT2D eigenvalue weighted by Crippen LogP contribution is 2.25. The molecule has 0 aliphatic carbocycles. The molecule has 0 atom stereocenters. The third-order valence-corrected chi connectivity index (χ3v) is 3.84. The highest BCUT2D eigenvalue weighted by Gasteiger charge is 2.05. The lowest BCUT2D eigenvalue weighted by Gasteiger charge is -2.10. The van der Waals surface area contributed by atoms with E-state index >= 15 is 0 Å². The van der Waals surface area contributed by atoms with E-state index in [-0.39, 0.29) is 12.4 Å². The Morgan fingerprint density at radius 3 is 2.39 bits per heavy atom. The maximum absolute atomic E-state index is 8.10. The summed E-state index contributed by atoms with van der Waals surface area (Å²) in [6.07, 6.45) is 2.15. The van der Waals surface area contributed by atoms with Gasteiger partial charge in [0, 0.05) is 11.3 Å². The van der Waals surface area contributed by atoms with Gasteiger partial charge in [-0.3, -0.25) is 5.41 Å². The van der Waals surface area contributed by atoms with Crippen molar-refractivity contribution in [3.05, 3.63) is 58.1 Å². The molecule has 23 heavy (non-hydrogen) atoms. The molecule has 0 saturated heterocycles. The first-order valence-electron chi connectivity index (χ1n) is 7.14. The molecular formula is C17H19Cl3N2O. The monoisotopic (exact) mass is 372 g/mol. The molecule has 0 bridgehead atoms. The number of hydrogen-bond acceptors (Lipinski definition) is 2. The SMILES string of the molecule is CCCCOc1ccc(C(=N)Nc2ccc(Cl)c(Cl)c2)cc1.Cl. The average molecular weight is 374 g/mol. The minimum atomic E-state index is 0. The van der Waals surface area contributed by atoms with Crippen LogP contribution in [0.15, 0.2) is 42.5 Å². The van der Waals surface area contributed by atoms with Gasteiger partial charge >= 0.3 is 0 Å². The summed E-state index contributed by atoms with van der Waals surface area (Å²) in [5.74, 6) is 1.11. The molecule has 2 N–H and O–H groups in total. The predicted molar refractivity (Wildman–Crippen MR) is 101 cm³/mol. The highest BCUT2D eigenvalue weighted by atomic mass is 35.5. The Hall–Kier alpha value is -1.42. The van der Waals surface area contributed by atoms with Crippen molar-refractivity contribution in [3.63, 3.8) is 0 Å². The van der Waals surface area contributed by atoms with Gasteiger partial charge in [0.15, 0.2) is 0 Å². The van der Waals surface area contributed by atoms with Gasteiger partial charge in [-0.05, 0) is 48.9 Å². The number of anilines is 1. The maximum atomic E-state index is 8.10. The van der Waals surface area contributed by atoms with Gasteiger partial charge in [0.05, 0.1) is 16.7 Å². The Balaban J connectivity index is 0.00000264. The molecule has 0 amide bonds. The minimum absolute atomic E-state index is 0. The number of benzene rings is 2. The van der Waals surface area contributed by atoms with E-state index in [9.17, 15) is 0 Å². The summed E-state index contributed by atoms with van der Waals surface area (Å²) < 4.78 is 5.61. The molecule has 0 saturated carbocycles. The van der Waals surface area contributed by atoms with Crippen LogP contribution in [-0.4, -0.2) is 12.4 Å². The van der Waals surface area contributed by atoms with Crippen LogP contribution in [-0.2, 0) is 0 Å². The molecule has 124 valence electrons. The topological polar surface area (TPSA) is 45.1 Å². The molecule has 0 aliphatic rings. The van der Waals surface area contributed by atoms with Gasteiger partial charge in [-0.2, -0.15) is 0 Å². The summed E-state index contributed by atoms with van der Waals surface area (Å²) in [6.45, 7) is 2.84. The average Bonchev–Trinajstić information content (AvgIpc) is 2.52. The highest BCUT2D eigenvalue weighted by molar-refractivity contribution is 6.42. The number of hydrogen-bond donors (Lipinski definition) is 2. The fraction of sp³-hybridized carbons (Fsp3) is 0.235. The van der Waals surface area contributed by atoms with Crippen LogP contribution in [0.3, 0.4) is 0 Å². The number of ether oxygens (including phenoxy) is 1. The number of rotatable bonds is 6. The number of halogens is 3. The van der Waals surface area contributed by atoms with Crippen molar-refractivity contribution >= 4 is 47.1 Å². The third-order valence-electron chi connectivity index (χ3n) is 3.10. The Kier molecular flexibility index (Phi) is 8.24. The van der Waals surface area contributed by atoms with Crippen LogP contribution in [0.25, 0.3) is 0 Å². The first-order chi connectivity index (χ1) is 10.6. The maximum Gasteiger partial charge on any atom is 0.129 e. The molecule has 2 aromatic carbocycles. The van der Waals surface area contributed by atoms with Crippen molar-refractivity contribution < 1.29 is 4.74 Å². The Morgan fingerprint density at radius 2 is 1.78 bits per heavy atom. The normalized spacial score (nSPS) is 9.87. The first kappa shape index (κ1) is 19.6. The zero-order valence-corrected chi connectivity index (χ0v) is 15.1. The molecule has 6 heteroatoms. The summed E-state index contributed by atoms with van der Waals surface area (Å²) in [5.41, 5.74) is 1.50. The lowest BCUT2D eigenvalue weighted by Crippen LogP contribution is -2.11. The third kappa shape index (κ3) is 5.94. The fourth-order valence-electron chi connectivity index (χ4n) is 1.84. The van der Waals surface area contributed by atoms with E-state index in [1.165, 1.54) is 0 Å². The Morgan fingerprint density at radius 1 is 1.09 bits per heavy atom. The Bertz CT molecular complexity index is 645. The summed E-state index contributed by atoms with van der Waals surface area (Å²) in [6, 6.07) is 12.6. The van der Waals surface area contributed by atoms with Crippen molar-refractivity contribution in [1.29, 1.82) is 5.41 Å². The van der Waals surface area contributed by atoms with Gasteiger partial charge < -0.3 is 10.1 Å². The molecule has 0 radical (unpaired) electrons. The molecule has 0 spiro atoms. The standard InChI is InChI=1S/C17H18Cl2N2O.ClH/c1-2-3-10-22-14-7-4-12(5-8-14)17(20)21-13-6-9-15(18)16(19)11-13;/h4-9,11H,2-3,10H2,1H3,(H2,20,21);1H. The van der Waals surface area contributed by atoms with Gasteiger partial charge in [0.2, 0.25) is 0 Å². The van der Waals surface area contributed by atoms with E-state index in [4.69, 9.17) is 33.3 Å². The van der Waals surface area contributed by atoms with Crippen molar-refractivity contribution in [2.75, 3.05) is 11.9 Å². The zero-order chi connectivity index (χ0) is 15.9. The molecule has 0 aromatic heterocycles.